The van der Waals surface area contributed by atoms with Gasteiger partial charge in [0.05, 0.1) is 5.56 Å². The summed E-state index contributed by atoms with van der Waals surface area (Å²) in [6.45, 7) is 3.45. The lowest BCUT2D eigenvalue weighted by molar-refractivity contribution is -0.137. The quantitative estimate of drug-likeness (QED) is 0.599. The Morgan fingerprint density at radius 3 is 2.62 bits per heavy atom. The molecule has 1 aliphatic rings. The lowest BCUT2D eigenvalue weighted by Gasteiger charge is -2.40. The van der Waals surface area contributed by atoms with Gasteiger partial charge in [0, 0.05) is 56.2 Å². The first kappa shape index (κ1) is 23.3. The number of hydrogen-bond acceptors (Lipinski definition) is 6. The number of carbonyl (C=O) groups is 1. The number of hydrogen-bond donors (Lipinski definition) is 1. The number of nitrogens with one attached hydrogen (secondary N) is 1. The van der Waals surface area contributed by atoms with Crippen molar-refractivity contribution >= 4 is 17.5 Å². The van der Waals surface area contributed by atoms with E-state index >= 15 is 0 Å². The summed E-state index contributed by atoms with van der Waals surface area (Å²) in [5.41, 5.74) is 0.219. The molecule has 2 amide bonds. The van der Waals surface area contributed by atoms with Crippen LogP contribution < -0.4 is 15.0 Å². The molecule has 11 heteroatoms. The average molecular weight is 472 g/mol. The van der Waals surface area contributed by atoms with Crippen molar-refractivity contribution in [2.45, 2.75) is 25.7 Å². The molecule has 34 heavy (non-hydrogen) atoms. The number of nitrogens with zero attached hydrogens (tertiary/aromatic N) is 5. The van der Waals surface area contributed by atoms with E-state index in [9.17, 15) is 18.0 Å². The molecule has 0 spiro atoms. The van der Waals surface area contributed by atoms with Gasteiger partial charge in [0.2, 0.25) is 0 Å². The molecular weight excluding hydrogens is 449 g/mol. The summed E-state index contributed by atoms with van der Waals surface area (Å²) in [7, 11) is 0. The second kappa shape index (κ2) is 9.94. The van der Waals surface area contributed by atoms with Crippen molar-refractivity contribution in [3.63, 3.8) is 0 Å². The van der Waals surface area contributed by atoms with Crippen molar-refractivity contribution in [1.82, 2.24) is 19.9 Å². The summed E-state index contributed by atoms with van der Waals surface area (Å²) in [6.07, 6.45) is 2.01. The number of halogens is 3. The molecule has 0 radical (unpaired) electrons. The second-order valence-corrected chi connectivity index (χ2v) is 7.83. The van der Waals surface area contributed by atoms with Gasteiger partial charge in [-0.05, 0) is 42.8 Å². The number of alkyl halides is 3. The van der Waals surface area contributed by atoms with Crippen LogP contribution in [0.3, 0.4) is 0 Å². The minimum atomic E-state index is -4.48. The van der Waals surface area contributed by atoms with Gasteiger partial charge in [-0.15, -0.1) is 0 Å². The van der Waals surface area contributed by atoms with Gasteiger partial charge in [-0.2, -0.15) is 13.2 Å². The summed E-state index contributed by atoms with van der Waals surface area (Å²) in [5, 5.41) is 2.57. The first-order chi connectivity index (χ1) is 16.3. The molecule has 2 aromatic heterocycles. The zero-order chi connectivity index (χ0) is 24.1. The minimum absolute atomic E-state index is 0.0928. The molecule has 3 aromatic rings. The number of pyridine rings is 1. The van der Waals surface area contributed by atoms with E-state index in [0.717, 1.165) is 17.7 Å². The Hall–Kier alpha value is -3.89. The molecule has 0 unspecified atom stereocenters. The molecule has 1 aromatic carbocycles. The van der Waals surface area contributed by atoms with Crippen LogP contribution in [0.1, 0.15) is 18.1 Å². The number of ether oxygens (including phenoxy) is 1. The van der Waals surface area contributed by atoms with E-state index in [-0.39, 0.29) is 11.7 Å². The number of amides is 2. The number of carbonyl (C=O) groups excluding carboxylic acids is 1. The summed E-state index contributed by atoms with van der Waals surface area (Å²) < 4.78 is 44.7. The Bertz CT molecular complexity index is 1130. The highest BCUT2D eigenvalue weighted by atomic mass is 19.4. The van der Waals surface area contributed by atoms with Gasteiger partial charge in [-0.1, -0.05) is 6.07 Å². The van der Waals surface area contributed by atoms with Gasteiger partial charge in [0.25, 0.3) is 5.88 Å². The Balaban J connectivity index is 1.40. The number of anilines is 2. The van der Waals surface area contributed by atoms with Crippen LogP contribution in [-0.2, 0) is 12.8 Å². The van der Waals surface area contributed by atoms with Gasteiger partial charge < -0.3 is 19.9 Å². The van der Waals surface area contributed by atoms with Crippen molar-refractivity contribution in [1.29, 1.82) is 0 Å². The highest BCUT2D eigenvalue weighted by Crippen LogP contribution is 2.31. The van der Waals surface area contributed by atoms with Crippen LogP contribution >= 0.6 is 0 Å². The maximum absolute atomic E-state index is 13.0. The van der Waals surface area contributed by atoms with E-state index in [1.807, 2.05) is 24.0 Å². The number of piperazine rings is 1. The van der Waals surface area contributed by atoms with Crippen LogP contribution in [0.5, 0.6) is 5.88 Å². The molecule has 3 heterocycles. The molecule has 1 saturated heterocycles. The Labute approximate surface area is 194 Å². The van der Waals surface area contributed by atoms with Crippen LogP contribution in [0, 0.1) is 0 Å². The average Bonchev–Trinajstić information content (AvgIpc) is 2.83. The highest BCUT2D eigenvalue weighted by molar-refractivity contribution is 5.89. The fourth-order valence-electron chi connectivity index (χ4n) is 3.69. The van der Waals surface area contributed by atoms with Crippen molar-refractivity contribution in [3.8, 4) is 5.88 Å². The first-order valence-corrected chi connectivity index (χ1v) is 10.6. The second-order valence-electron chi connectivity index (χ2n) is 7.83. The summed E-state index contributed by atoms with van der Waals surface area (Å²) >= 11 is 0. The largest absolute Gasteiger partial charge is 0.470 e. The van der Waals surface area contributed by atoms with Gasteiger partial charge in [0.15, 0.2) is 5.82 Å². The van der Waals surface area contributed by atoms with Crippen molar-refractivity contribution < 1.29 is 22.7 Å². The van der Waals surface area contributed by atoms with Gasteiger partial charge >= 0.3 is 12.2 Å². The molecule has 1 aliphatic heterocycles. The van der Waals surface area contributed by atoms with Gasteiger partial charge in [0.1, 0.15) is 6.61 Å². The Morgan fingerprint density at radius 2 is 1.88 bits per heavy atom. The third-order valence-electron chi connectivity index (χ3n) is 5.40. The SMILES string of the molecule is C[C@H]1CN(c2nccnc2OCc2ccncc2)CCN1C(=O)Nc1cccc(C(F)(F)F)c1. The molecule has 1 N–H and O–H groups in total. The Morgan fingerprint density at radius 1 is 1.12 bits per heavy atom. The number of benzene rings is 1. The summed E-state index contributed by atoms with van der Waals surface area (Å²) in [4.78, 5) is 29.0. The third kappa shape index (κ3) is 5.53. The number of urea groups is 1. The fraction of sp³-hybridized carbons (Fsp3) is 0.304. The van der Waals surface area contributed by atoms with Crippen LogP contribution in [-0.4, -0.2) is 51.6 Å². The Kier molecular flexibility index (Phi) is 6.80. The minimum Gasteiger partial charge on any atom is -0.470 e. The lowest BCUT2D eigenvalue weighted by Crippen LogP contribution is -2.55. The van der Waals surface area contributed by atoms with E-state index in [4.69, 9.17) is 4.74 Å². The van der Waals surface area contributed by atoms with Crippen molar-refractivity contribution in [3.05, 3.63) is 72.3 Å². The van der Waals surface area contributed by atoms with E-state index in [1.165, 1.54) is 12.1 Å². The maximum atomic E-state index is 13.0. The smallest absolute Gasteiger partial charge is 0.416 e. The molecule has 8 nitrogen and oxygen atoms in total. The zero-order valence-corrected chi connectivity index (χ0v) is 18.4. The normalized spacial score (nSPS) is 16.3. The van der Waals surface area contributed by atoms with Crippen LogP contribution in [0.2, 0.25) is 0 Å². The number of rotatable bonds is 5. The molecule has 0 bridgehead atoms. The first-order valence-electron chi connectivity index (χ1n) is 10.6. The van der Waals surface area contributed by atoms with E-state index in [1.54, 1.807) is 29.7 Å². The lowest BCUT2D eigenvalue weighted by atomic mass is 10.2. The monoisotopic (exact) mass is 472 g/mol. The fourth-order valence-corrected chi connectivity index (χ4v) is 3.69. The summed E-state index contributed by atoms with van der Waals surface area (Å²) in [5.74, 6) is 0.953. The van der Waals surface area contributed by atoms with Crippen LogP contribution in [0.4, 0.5) is 29.5 Å². The van der Waals surface area contributed by atoms with Crippen LogP contribution in [0.25, 0.3) is 0 Å². The van der Waals surface area contributed by atoms with E-state index in [0.29, 0.717) is 37.9 Å². The summed E-state index contributed by atoms with van der Waals surface area (Å²) in [6, 6.07) is 7.59. The predicted molar refractivity (Wildman–Crippen MR) is 119 cm³/mol. The van der Waals surface area contributed by atoms with Gasteiger partial charge in [-0.25, -0.2) is 14.8 Å². The third-order valence-corrected chi connectivity index (χ3v) is 5.40. The van der Waals surface area contributed by atoms with E-state index in [2.05, 4.69) is 20.3 Å². The van der Waals surface area contributed by atoms with Crippen molar-refractivity contribution in [2.24, 2.45) is 0 Å². The van der Waals surface area contributed by atoms with Crippen molar-refractivity contribution in [2.75, 3.05) is 29.9 Å². The van der Waals surface area contributed by atoms with Gasteiger partial charge in [-0.3, -0.25) is 4.98 Å². The molecule has 178 valence electrons. The maximum Gasteiger partial charge on any atom is 0.416 e. The van der Waals surface area contributed by atoms with E-state index < -0.39 is 17.8 Å². The molecule has 4 rings (SSSR count). The molecule has 0 aliphatic carbocycles. The topological polar surface area (TPSA) is 83.5 Å². The highest BCUT2D eigenvalue weighted by Gasteiger charge is 2.32. The standard InChI is InChI=1S/C23H23F3N6O2/c1-16-14-31(20-21(29-10-9-28-20)34-15-17-5-7-27-8-6-17)11-12-32(16)22(33)30-19-4-2-3-18(13-19)23(24,25)26/h2-10,13,16H,11-12,14-15H2,1H3,(H,30,33)/t16-/m0/s1. The number of aromatic nitrogens is 3. The molecule has 1 fully saturated rings. The van der Waals surface area contributed by atoms with Crippen LogP contribution in [0.15, 0.2) is 61.2 Å². The predicted octanol–water partition coefficient (Wildman–Crippen LogP) is 4.21. The zero-order valence-electron chi connectivity index (χ0n) is 18.4. The molecule has 1 atom stereocenters. The molecular formula is C23H23F3N6O2. The molecule has 0 saturated carbocycles.